The molecule has 2 N–H and O–H groups in total. The maximum Gasteiger partial charge on any atom is 0.230 e. The maximum atomic E-state index is 12.6. The second kappa shape index (κ2) is 16.6. The molecule has 3 heterocycles. The third-order valence-electron chi connectivity index (χ3n) is 7.02. The third kappa shape index (κ3) is 10.5. The molecule has 0 unspecified atom stereocenters. The van der Waals surface area contributed by atoms with Gasteiger partial charge in [0.2, 0.25) is 16.9 Å². The van der Waals surface area contributed by atoms with E-state index in [4.69, 9.17) is 9.47 Å². The summed E-state index contributed by atoms with van der Waals surface area (Å²) in [4.78, 5) is 27.2. The van der Waals surface area contributed by atoms with E-state index in [0.717, 1.165) is 86.1 Å². The van der Waals surface area contributed by atoms with Gasteiger partial charge < -0.3 is 20.1 Å². The van der Waals surface area contributed by atoms with Crippen molar-refractivity contribution < 1.29 is 19.1 Å². The van der Waals surface area contributed by atoms with Crippen molar-refractivity contribution in [3.8, 4) is 5.75 Å². The van der Waals surface area contributed by atoms with Crippen molar-refractivity contribution in [2.75, 3.05) is 50.1 Å². The fourth-order valence-electron chi connectivity index (χ4n) is 4.73. The Balaban J connectivity index is 0.974. The Bertz CT molecular complexity index is 1480. The van der Waals surface area contributed by atoms with Gasteiger partial charge in [-0.1, -0.05) is 53.8 Å². The van der Waals surface area contributed by atoms with Crippen LogP contribution in [0.15, 0.2) is 66.7 Å². The topological polar surface area (TPSA) is 131 Å². The minimum atomic E-state index is -0.142. The number of nitrogens with one attached hydrogen (secondary N) is 2. The van der Waals surface area contributed by atoms with Gasteiger partial charge in [-0.2, -0.15) is 5.10 Å². The SMILES string of the molecule is O=C(Cc1ccccc1)Nc1ccc(CCCCc2nnc(NC(=O)Cc3cccc(OCCN4CCOCC4)c3)s2)nn1. The fourth-order valence-corrected chi connectivity index (χ4v) is 5.52. The van der Waals surface area contributed by atoms with Gasteiger partial charge in [0.25, 0.3) is 0 Å². The number of nitrogens with zero attached hydrogens (tertiary/aromatic N) is 5. The number of amides is 2. The molecule has 1 fully saturated rings. The van der Waals surface area contributed by atoms with Crippen LogP contribution in [0.5, 0.6) is 5.75 Å². The van der Waals surface area contributed by atoms with Gasteiger partial charge in [0.1, 0.15) is 17.4 Å². The number of hydrogen-bond acceptors (Lipinski definition) is 10. The Morgan fingerprint density at radius 3 is 2.41 bits per heavy atom. The molecule has 0 aliphatic carbocycles. The summed E-state index contributed by atoms with van der Waals surface area (Å²) >= 11 is 1.39. The summed E-state index contributed by atoms with van der Waals surface area (Å²) in [5, 5.41) is 23.8. The van der Waals surface area contributed by atoms with E-state index in [1.54, 1.807) is 6.07 Å². The molecule has 2 aromatic heterocycles. The smallest absolute Gasteiger partial charge is 0.230 e. The fraction of sp³-hybridized carbons (Fsp3) is 0.375. The highest BCUT2D eigenvalue weighted by molar-refractivity contribution is 7.15. The summed E-state index contributed by atoms with van der Waals surface area (Å²) in [6.45, 7) is 4.85. The lowest BCUT2D eigenvalue weighted by Gasteiger charge is -2.26. The van der Waals surface area contributed by atoms with Crippen molar-refractivity contribution in [3.05, 3.63) is 88.6 Å². The number of anilines is 2. The van der Waals surface area contributed by atoms with Crippen molar-refractivity contribution in [2.24, 2.45) is 0 Å². The quantitative estimate of drug-likeness (QED) is 0.191. The predicted octanol–water partition coefficient (Wildman–Crippen LogP) is 3.97. The van der Waals surface area contributed by atoms with Crippen LogP contribution in [0.2, 0.25) is 0 Å². The molecule has 11 nitrogen and oxygen atoms in total. The lowest BCUT2D eigenvalue weighted by molar-refractivity contribution is -0.116. The molecular formula is C32H37N7O4S. The van der Waals surface area contributed by atoms with Gasteiger partial charge in [-0.3, -0.25) is 14.5 Å². The molecule has 1 aliphatic heterocycles. The van der Waals surface area contributed by atoms with Crippen molar-refractivity contribution in [3.63, 3.8) is 0 Å². The average molecular weight is 616 g/mol. The zero-order valence-electron chi connectivity index (χ0n) is 24.6. The van der Waals surface area contributed by atoms with Crippen LogP contribution in [0.25, 0.3) is 0 Å². The van der Waals surface area contributed by atoms with Crippen molar-refractivity contribution in [1.29, 1.82) is 0 Å². The molecule has 0 spiro atoms. The van der Waals surface area contributed by atoms with Gasteiger partial charge in [-0.15, -0.1) is 15.3 Å². The number of benzene rings is 2. The molecule has 12 heteroatoms. The molecule has 1 saturated heterocycles. The lowest BCUT2D eigenvalue weighted by atomic mass is 10.1. The molecule has 2 aromatic carbocycles. The van der Waals surface area contributed by atoms with Crippen LogP contribution in [-0.2, 0) is 40.0 Å². The van der Waals surface area contributed by atoms with Crippen molar-refractivity contribution >= 4 is 34.1 Å². The minimum Gasteiger partial charge on any atom is -0.492 e. The first kappa shape index (κ1) is 31.2. The molecule has 44 heavy (non-hydrogen) atoms. The van der Waals surface area contributed by atoms with Gasteiger partial charge in [0, 0.05) is 26.1 Å². The van der Waals surface area contributed by atoms with Gasteiger partial charge in [0.05, 0.1) is 31.7 Å². The first-order valence-corrected chi connectivity index (χ1v) is 15.7. The highest BCUT2D eigenvalue weighted by atomic mass is 32.1. The van der Waals surface area contributed by atoms with Crippen LogP contribution in [0, 0.1) is 0 Å². The van der Waals surface area contributed by atoms with Gasteiger partial charge >= 0.3 is 0 Å². The molecular weight excluding hydrogens is 578 g/mol. The van der Waals surface area contributed by atoms with E-state index >= 15 is 0 Å². The van der Waals surface area contributed by atoms with E-state index in [9.17, 15) is 9.59 Å². The van der Waals surface area contributed by atoms with E-state index in [0.29, 0.717) is 24.0 Å². The Kier molecular flexibility index (Phi) is 11.7. The second-order valence-corrected chi connectivity index (χ2v) is 11.6. The number of hydrogen-bond donors (Lipinski definition) is 2. The predicted molar refractivity (Wildman–Crippen MR) is 169 cm³/mol. The monoisotopic (exact) mass is 615 g/mol. The van der Waals surface area contributed by atoms with Crippen molar-refractivity contribution in [2.45, 2.75) is 38.5 Å². The summed E-state index contributed by atoms with van der Waals surface area (Å²) in [5.41, 5.74) is 2.69. The Hall–Kier alpha value is -4.26. The standard InChI is InChI=1S/C32H37N7O4S/c40-29(22-24-7-2-1-3-8-24)33-28-14-13-26(35-36-28)10-4-5-12-31-37-38-32(44-31)34-30(41)23-25-9-6-11-27(21-25)43-20-17-39-15-18-42-19-16-39/h1-3,6-9,11,13-14,21H,4-5,10,12,15-20,22-23H2,(H,33,36,40)(H,34,38,41). The normalized spacial score (nSPS) is 13.4. The molecule has 0 bridgehead atoms. The number of carbonyl (C=O) groups is 2. The molecule has 0 radical (unpaired) electrons. The van der Waals surface area contributed by atoms with Gasteiger partial charge in [-0.25, -0.2) is 0 Å². The molecule has 230 valence electrons. The van der Waals surface area contributed by atoms with Gasteiger partial charge in [0.15, 0.2) is 5.82 Å². The number of aromatic nitrogens is 4. The minimum absolute atomic E-state index is 0.125. The zero-order valence-corrected chi connectivity index (χ0v) is 25.4. The summed E-state index contributed by atoms with van der Waals surface area (Å²) in [6, 6.07) is 20.9. The number of unbranched alkanes of at least 4 members (excludes halogenated alkanes) is 1. The van der Waals surface area contributed by atoms with Crippen LogP contribution < -0.4 is 15.4 Å². The van der Waals surface area contributed by atoms with E-state index in [1.165, 1.54) is 11.3 Å². The Morgan fingerprint density at radius 1 is 0.818 bits per heavy atom. The first-order chi connectivity index (χ1) is 21.6. The van der Waals surface area contributed by atoms with Gasteiger partial charge in [-0.05, 0) is 54.7 Å². The first-order valence-electron chi connectivity index (χ1n) is 14.9. The van der Waals surface area contributed by atoms with Crippen LogP contribution in [0.1, 0.15) is 34.7 Å². The van der Waals surface area contributed by atoms with Crippen LogP contribution in [0.3, 0.4) is 0 Å². The Labute approximate surface area is 261 Å². The molecule has 2 amide bonds. The molecule has 5 rings (SSSR count). The van der Waals surface area contributed by atoms with Crippen LogP contribution >= 0.6 is 11.3 Å². The van der Waals surface area contributed by atoms with Crippen LogP contribution in [0.4, 0.5) is 10.9 Å². The van der Waals surface area contributed by atoms with E-state index in [1.807, 2.05) is 60.7 Å². The average Bonchev–Trinajstić information content (AvgIpc) is 3.48. The highest BCUT2D eigenvalue weighted by Crippen LogP contribution is 2.19. The summed E-state index contributed by atoms with van der Waals surface area (Å²) in [7, 11) is 0. The van der Waals surface area contributed by atoms with Crippen LogP contribution in [-0.4, -0.2) is 76.6 Å². The summed E-state index contributed by atoms with van der Waals surface area (Å²) < 4.78 is 11.3. The molecule has 1 aliphatic rings. The zero-order chi connectivity index (χ0) is 30.4. The summed E-state index contributed by atoms with van der Waals surface area (Å²) in [6.07, 6.45) is 3.85. The van der Waals surface area contributed by atoms with E-state index in [-0.39, 0.29) is 18.2 Å². The number of morpholine rings is 1. The third-order valence-corrected chi connectivity index (χ3v) is 7.92. The lowest BCUT2D eigenvalue weighted by Crippen LogP contribution is -2.38. The largest absolute Gasteiger partial charge is 0.492 e. The highest BCUT2D eigenvalue weighted by Gasteiger charge is 2.12. The molecule has 4 aromatic rings. The summed E-state index contributed by atoms with van der Waals surface area (Å²) in [5.74, 6) is 0.935. The van der Waals surface area contributed by atoms with E-state index < -0.39 is 0 Å². The van der Waals surface area contributed by atoms with E-state index in [2.05, 4.69) is 35.9 Å². The Morgan fingerprint density at radius 2 is 1.59 bits per heavy atom. The molecule has 0 saturated carbocycles. The number of ether oxygens (including phenoxy) is 2. The van der Waals surface area contributed by atoms with Crippen molar-refractivity contribution in [1.82, 2.24) is 25.3 Å². The maximum absolute atomic E-state index is 12.6. The number of carbonyl (C=O) groups excluding carboxylic acids is 2. The second-order valence-electron chi connectivity index (χ2n) is 10.5. The number of rotatable bonds is 15. The number of aryl methyl sites for hydroxylation is 2. The molecule has 0 atom stereocenters.